The summed E-state index contributed by atoms with van der Waals surface area (Å²) in [6.45, 7) is 7.00. The van der Waals surface area contributed by atoms with Crippen molar-refractivity contribution >= 4 is 81.9 Å². The first-order valence-electron chi connectivity index (χ1n) is 21.2. The van der Waals surface area contributed by atoms with Gasteiger partial charge in [0.05, 0.1) is 24.9 Å². The normalized spacial score (nSPS) is 22.8. The van der Waals surface area contributed by atoms with Crippen LogP contribution in [0.2, 0.25) is 0 Å². The van der Waals surface area contributed by atoms with E-state index in [4.69, 9.17) is 4.74 Å². The molecule has 8 amide bonds. The third kappa shape index (κ3) is 14.2. The number of aliphatic hydroxyl groups excluding tert-OH is 1. The Labute approximate surface area is 379 Å². The number of hydrogen-bond acceptors (Lipinski definition) is 13. The zero-order valence-electron chi connectivity index (χ0n) is 37.0. The van der Waals surface area contributed by atoms with Crippen LogP contribution in [0.4, 0.5) is 0 Å². The average molecular weight is 923 g/mol. The average Bonchev–Trinajstić information content (AvgIpc) is 3.95. The number of fused-ring (bicyclic) bond motifs is 3. The summed E-state index contributed by atoms with van der Waals surface area (Å²) >= 11 is 1.14. The van der Waals surface area contributed by atoms with Crippen LogP contribution in [-0.4, -0.2) is 132 Å². The molecule has 1 aliphatic heterocycles. The fourth-order valence-corrected chi connectivity index (χ4v) is 7.54. The van der Waals surface area contributed by atoms with Crippen molar-refractivity contribution in [2.75, 3.05) is 26.8 Å². The number of carbonyl (C=O) groups is 9. The van der Waals surface area contributed by atoms with E-state index in [1.54, 1.807) is 39.3 Å². The van der Waals surface area contributed by atoms with Crippen molar-refractivity contribution < 1.29 is 53.0 Å². The number of ether oxygens (including phenoxy) is 1. The Morgan fingerprint density at radius 3 is 2.38 bits per heavy atom. The predicted octanol–water partition coefficient (Wildman–Crippen LogP) is -0.974. The van der Waals surface area contributed by atoms with Crippen LogP contribution in [-0.2, 0) is 54.3 Å². The lowest BCUT2D eigenvalue weighted by Gasteiger charge is -2.29. The molecule has 4 rings (SSSR count). The van der Waals surface area contributed by atoms with Gasteiger partial charge in [-0.15, -0.1) is 11.3 Å². The quantitative estimate of drug-likeness (QED) is 0.0651. The summed E-state index contributed by atoms with van der Waals surface area (Å²) in [6, 6.07) is -0.464. The maximum Gasteiger partial charge on any atom is 0.290 e. The SMILES string of the molecule is CCC(C)[C@H](NC(=O)[C@H](O)CNC=O)C(=O)N[C@H]1CNC(=O)[C@H](Cc2c[nH]c3ccccc23)NC(=O)/C=C/c2csc(n2)[C@H](COC)NC(=O)C(=O)[C@H](C(C)CC)NC(=O)[C@H](C)NC1=O. The molecule has 0 spiro atoms. The number of methoxy groups -OCH3 is 1. The fourth-order valence-electron chi connectivity index (χ4n) is 6.72. The Bertz CT molecular complexity index is 2230. The number of benzene rings is 1. The van der Waals surface area contributed by atoms with Gasteiger partial charge in [0.1, 0.15) is 41.3 Å². The van der Waals surface area contributed by atoms with E-state index in [1.807, 2.05) is 24.3 Å². The summed E-state index contributed by atoms with van der Waals surface area (Å²) in [6.07, 6.45) is 3.53. The molecule has 2 bridgehead atoms. The number of ketones is 1. The van der Waals surface area contributed by atoms with Gasteiger partial charge >= 0.3 is 0 Å². The number of hydrogen-bond donors (Lipinski definition) is 10. The maximum absolute atomic E-state index is 14.1. The largest absolute Gasteiger partial charge is 0.382 e. The molecular weight excluding hydrogens is 865 g/mol. The number of thiazole rings is 1. The third-order valence-corrected chi connectivity index (χ3v) is 12.0. The number of nitrogens with one attached hydrogen (secondary N) is 9. The molecular formula is C43H58N10O11S. The second kappa shape index (κ2) is 24.5. The topological polar surface area (TPSA) is 308 Å². The maximum atomic E-state index is 14.1. The molecule has 0 fully saturated rings. The highest BCUT2D eigenvalue weighted by molar-refractivity contribution is 7.09. The molecule has 1 aliphatic rings. The van der Waals surface area contributed by atoms with Gasteiger partial charge in [0.25, 0.3) is 11.8 Å². The number of rotatable bonds is 15. The first-order valence-corrected chi connectivity index (χ1v) is 22.1. The molecule has 22 heteroatoms. The number of Topliss-reactive ketones (excluding diaryl/α,β-unsaturated/α-hetero) is 1. The summed E-state index contributed by atoms with van der Waals surface area (Å²) < 4.78 is 5.30. The minimum atomic E-state index is -1.72. The Kier molecular flexibility index (Phi) is 19.3. The highest BCUT2D eigenvalue weighted by Gasteiger charge is 2.36. The van der Waals surface area contributed by atoms with Crippen molar-refractivity contribution in [2.24, 2.45) is 11.8 Å². The number of nitrogens with zero attached hydrogens (tertiary/aromatic N) is 1. The number of para-hydroxylation sites is 1. The molecule has 3 heterocycles. The highest BCUT2D eigenvalue weighted by Crippen LogP contribution is 2.22. The van der Waals surface area contributed by atoms with E-state index in [0.29, 0.717) is 29.1 Å². The molecule has 0 saturated heterocycles. The lowest BCUT2D eigenvalue weighted by Crippen LogP contribution is -2.62. The monoisotopic (exact) mass is 922 g/mol. The number of H-pyrrole nitrogens is 1. The highest BCUT2D eigenvalue weighted by atomic mass is 32.1. The molecule has 1 aromatic carbocycles. The minimum Gasteiger partial charge on any atom is -0.382 e. The van der Waals surface area contributed by atoms with E-state index in [2.05, 4.69) is 52.5 Å². The number of amides is 8. The van der Waals surface area contributed by atoms with Crippen molar-refractivity contribution in [3.05, 3.63) is 58.2 Å². The van der Waals surface area contributed by atoms with Crippen LogP contribution in [0, 0.1) is 11.8 Å². The van der Waals surface area contributed by atoms with Gasteiger partial charge in [0, 0.05) is 48.6 Å². The summed E-state index contributed by atoms with van der Waals surface area (Å²) in [7, 11) is 1.40. The Morgan fingerprint density at radius 2 is 1.69 bits per heavy atom. The van der Waals surface area contributed by atoms with E-state index in [0.717, 1.165) is 22.2 Å². The van der Waals surface area contributed by atoms with Crippen molar-refractivity contribution in [2.45, 2.75) is 96.2 Å². The van der Waals surface area contributed by atoms with Gasteiger partial charge < -0.3 is 57.4 Å². The van der Waals surface area contributed by atoms with Crippen molar-refractivity contribution in [1.29, 1.82) is 0 Å². The predicted molar refractivity (Wildman–Crippen MR) is 238 cm³/mol. The van der Waals surface area contributed by atoms with Crippen LogP contribution >= 0.6 is 11.3 Å². The molecule has 2 unspecified atom stereocenters. The molecule has 352 valence electrons. The van der Waals surface area contributed by atoms with E-state index >= 15 is 0 Å². The summed E-state index contributed by atoms with van der Waals surface area (Å²) in [5, 5.41) is 33.3. The van der Waals surface area contributed by atoms with Crippen LogP contribution in [0.15, 0.2) is 41.9 Å². The standard InChI is InChI=1S/C43H58N10O11S/c1-7-22(3)34-36(57)42(63)51-31(19-64-6)43-48-26(20-65-43)13-14-33(56)49-29(15-25-16-45-28-12-10-9-11-27(25)28)38(59)46-17-30(39(60)47-24(5)37(58)52-34)50-41(62)35(23(4)8-2)53-40(61)32(55)18-44-21-54/h9-14,16,20-24,29-32,34-35,45,55H,7-8,15,17-19H2,1-6H3,(H,44,54)(H,46,59)(H,47,60)(H,49,56)(H,50,62)(H,51,63)(H,52,58)(H,53,61)/b14-13+/t22?,23?,24-,29-,30-,31-,32+,34-,35-/m0/s1. The Morgan fingerprint density at radius 1 is 0.954 bits per heavy atom. The van der Waals surface area contributed by atoms with E-state index in [1.165, 1.54) is 26.2 Å². The molecule has 0 saturated carbocycles. The molecule has 2 aromatic heterocycles. The summed E-state index contributed by atoms with van der Waals surface area (Å²) in [4.78, 5) is 128. The van der Waals surface area contributed by atoms with Gasteiger partial charge in [-0.05, 0) is 36.5 Å². The van der Waals surface area contributed by atoms with Gasteiger partial charge in [0.15, 0.2) is 0 Å². The van der Waals surface area contributed by atoms with E-state index in [9.17, 15) is 48.3 Å². The second-order valence-corrected chi connectivity index (χ2v) is 16.6. The Hall–Kier alpha value is -6.52. The fraction of sp³-hybridized carbons (Fsp3) is 0.488. The third-order valence-electron chi connectivity index (χ3n) is 11.0. The zero-order valence-corrected chi connectivity index (χ0v) is 37.8. The number of aromatic amines is 1. The molecule has 21 nitrogen and oxygen atoms in total. The first kappa shape index (κ1) is 51.1. The molecule has 3 aromatic rings. The van der Waals surface area contributed by atoms with Gasteiger partial charge in [-0.3, -0.25) is 43.2 Å². The lowest BCUT2D eigenvalue weighted by molar-refractivity contribution is -0.142. The van der Waals surface area contributed by atoms with Gasteiger partial charge in [-0.1, -0.05) is 58.7 Å². The summed E-state index contributed by atoms with van der Waals surface area (Å²) in [5.41, 5.74) is 1.78. The lowest BCUT2D eigenvalue weighted by atomic mass is 9.94. The van der Waals surface area contributed by atoms with Crippen molar-refractivity contribution in [3.8, 4) is 0 Å². The molecule has 10 N–H and O–H groups in total. The number of aliphatic hydroxyl groups is 1. The number of carbonyl (C=O) groups excluding carboxylic acids is 9. The van der Waals surface area contributed by atoms with Crippen LogP contribution < -0.4 is 42.5 Å². The molecule has 0 aliphatic carbocycles. The van der Waals surface area contributed by atoms with E-state index in [-0.39, 0.29) is 19.4 Å². The van der Waals surface area contributed by atoms with E-state index < -0.39 is 114 Å². The Balaban J connectivity index is 1.74. The van der Waals surface area contributed by atoms with Crippen molar-refractivity contribution in [1.82, 2.24) is 52.5 Å². The van der Waals surface area contributed by atoms with Gasteiger partial charge in [0.2, 0.25) is 41.7 Å². The van der Waals surface area contributed by atoms with Gasteiger partial charge in [-0.25, -0.2) is 4.98 Å². The zero-order chi connectivity index (χ0) is 47.8. The second-order valence-electron chi connectivity index (χ2n) is 15.7. The smallest absolute Gasteiger partial charge is 0.290 e. The van der Waals surface area contributed by atoms with Crippen LogP contribution in [0.25, 0.3) is 17.0 Å². The number of aromatic nitrogens is 2. The molecule has 65 heavy (non-hydrogen) atoms. The van der Waals surface area contributed by atoms with Crippen molar-refractivity contribution in [3.63, 3.8) is 0 Å². The van der Waals surface area contributed by atoms with Crippen LogP contribution in [0.3, 0.4) is 0 Å². The molecule has 9 atom stereocenters. The first-order chi connectivity index (χ1) is 31.0. The van der Waals surface area contributed by atoms with Gasteiger partial charge in [-0.2, -0.15) is 0 Å². The van der Waals surface area contributed by atoms with Crippen LogP contribution in [0.5, 0.6) is 0 Å². The summed E-state index contributed by atoms with van der Waals surface area (Å²) in [5.74, 6) is -8.25. The minimum absolute atomic E-state index is 0.0193. The van der Waals surface area contributed by atoms with Crippen LogP contribution in [0.1, 0.15) is 69.8 Å². The molecule has 0 radical (unpaired) electrons.